The summed E-state index contributed by atoms with van der Waals surface area (Å²) >= 11 is 1.57. The monoisotopic (exact) mass is 332 g/mol. The Morgan fingerprint density at radius 3 is 2.96 bits per heavy atom. The van der Waals surface area contributed by atoms with Crippen molar-refractivity contribution in [1.29, 1.82) is 0 Å². The predicted octanol–water partition coefficient (Wildman–Crippen LogP) is 0.878. The Hall–Kier alpha value is -2.19. The third kappa shape index (κ3) is 2.34. The van der Waals surface area contributed by atoms with Crippen molar-refractivity contribution < 1.29 is 9.53 Å². The second-order valence-electron chi connectivity index (χ2n) is 5.55. The number of rotatable bonds is 2. The van der Waals surface area contributed by atoms with E-state index in [9.17, 15) is 9.59 Å². The topological polar surface area (TPSA) is 68.8 Å². The van der Waals surface area contributed by atoms with Crippen LogP contribution in [-0.4, -0.2) is 51.3 Å². The molecule has 1 fully saturated rings. The highest BCUT2D eigenvalue weighted by Crippen LogP contribution is 2.24. The molecule has 0 unspecified atom stereocenters. The van der Waals surface area contributed by atoms with Crippen LogP contribution in [-0.2, 0) is 16.1 Å². The SMILES string of the molecule is Cc1nn(CC(=O)N2CCOCC2)c(=O)c2cc3ccsc3n12. The van der Waals surface area contributed by atoms with Gasteiger partial charge in [0.05, 0.1) is 13.2 Å². The highest BCUT2D eigenvalue weighted by atomic mass is 32.1. The quantitative estimate of drug-likeness (QED) is 0.698. The van der Waals surface area contributed by atoms with Crippen molar-refractivity contribution in [2.45, 2.75) is 13.5 Å². The van der Waals surface area contributed by atoms with Crippen LogP contribution in [0.1, 0.15) is 5.82 Å². The molecule has 4 rings (SSSR count). The smallest absolute Gasteiger partial charge is 0.291 e. The van der Waals surface area contributed by atoms with Crippen LogP contribution in [0.3, 0.4) is 0 Å². The normalized spacial score (nSPS) is 15.6. The number of amides is 1. The Morgan fingerprint density at radius 2 is 2.17 bits per heavy atom. The maximum atomic E-state index is 12.7. The van der Waals surface area contributed by atoms with Crippen LogP contribution in [0.2, 0.25) is 0 Å². The largest absolute Gasteiger partial charge is 0.378 e. The van der Waals surface area contributed by atoms with Gasteiger partial charge in [-0.1, -0.05) is 0 Å². The van der Waals surface area contributed by atoms with Crippen molar-refractivity contribution in [2.24, 2.45) is 0 Å². The molecule has 4 heterocycles. The van der Waals surface area contributed by atoms with Gasteiger partial charge in [-0.2, -0.15) is 5.10 Å². The number of fused-ring (bicyclic) bond motifs is 3. The highest BCUT2D eigenvalue weighted by molar-refractivity contribution is 7.16. The zero-order valence-electron chi connectivity index (χ0n) is 12.7. The van der Waals surface area contributed by atoms with Crippen molar-refractivity contribution in [3.05, 3.63) is 33.7 Å². The third-order valence-corrected chi connectivity index (χ3v) is 5.02. The lowest BCUT2D eigenvalue weighted by atomic mass is 10.4. The van der Waals surface area contributed by atoms with Crippen molar-refractivity contribution in [2.75, 3.05) is 26.3 Å². The molecule has 0 saturated carbocycles. The van der Waals surface area contributed by atoms with E-state index < -0.39 is 0 Å². The van der Waals surface area contributed by atoms with Gasteiger partial charge in [-0.25, -0.2) is 4.68 Å². The molecule has 0 bridgehead atoms. The van der Waals surface area contributed by atoms with Crippen LogP contribution in [0.15, 0.2) is 22.3 Å². The first-order chi connectivity index (χ1) is 11.1. The number of carbonyl (C=O) groups excluding carboxylic acids is 1. The van der Waals surface area contributed by atoms with Crippen LogP contribution in [0.4, 0.5) is 0 Å². The van der Waals surface area contributed by atoms with Crippen LogP contribution in [0, 0.1) is 6.92 Å². The summed E-state index contributed by atoms with van der Waals surface area (Å²) < 4.78 is 8.37. The summed E-state index contributed by atoms with van der Waals surface area (Å²) in [7, 11) is 0. The maximum Gasteiger partial charge on any atom is 0.291 e. The fourth-order valence-electron chi connectivity index (χ4n) is 2.95. The number of aromatic nitrogens is 3. The molecule has 3 aromatic heterocycles. The van der Waals surface area contributed by atoms with Crippen LogP contribution in [0.25, 0.3) is 15.7 Å². The molecular weight excluding hydrogens is 316 g/mol. The van der Waals surface area contributed by atoms with Gasteiger partial charge in [0.2, 0.25) is 5.91 Å². The lowest BCUT2D eigenvalue weighted by Gasteiger charge is -2.26. The van der Waals surface area contributed by atoms with E-state index in [1.807, 2.05) is 28.8 Å². The summed E-state index contributed by atoms with van der Waals surface area (Å²) in [6.07, 6.45) is 0. The lowest BCUT2D eigenvalue weighted by Crippen LogP contribution is -2.44. The first-order valence-electron chi connectivity index (χ1n) is 7.47. The van der Waals surface area contributed by atoms with Crippen molar-refractivity contribution >= 4 is 33.0 Å². The van der Waals surface area contributed by atoms with Crippen LogP contribution >= 0.6 is 11.3 Å². The summed E-state index contributed by atoms with van der Waals surface area (Å²) in [6.45, 7) is 4.03. The Kier molecular flexibility index (Phi) is 3.42. The Bertz CT molecular complexity index is 949. The van der Waals surface area contributed by atoms with Crippen molar-refractivity contribution in [1.82, 2.24) is 19.1 Å². The van der Waals surface area contributed by atoms with E-state index in [-0.39, 0.29) is 18.0 Å². The number of morpholine rings is 1. The number of ether oxygens (including phenoxy) is 1. The van der Waals surface area contributed by atoms with E-state index in [0.717, 1.165) is 10.2 Å². The zero-order valence-corrected chi connectivity index (χ0v) is 13.5. The number of hydrogen-bond acceptors (Lipinski definition) is 5. The van der Waals surface area contributed by atoms with Gasteiger partial charge in [-0.15, -0.1) is 11.3 Å². The lowest BCUT2D eigenvalue weighted by molar-refractivity contribution is -0.136. The minimum Gasteiger partial charge on any atom is -0.378 e. The first kappa shape index (κ1) is 14.4. The average Bonchev–Trinajstić information content (AvgIpc) is 3.14. The Balaban J connectivity index is 1.74. The molecule has 7 nitrogen and oxygen atoms in total. The molecule has 0 spiro atoms. The second-order valence-corrected chi connectivity index (χ2v) is 6.44. The number of nitrogens with zero attached hydrogens (tertiary/aromatic N) is 4. The molecule has 0 radical (unpaired) electrons. The molecule has 1 saturated heterocycles. The molecule has 120 valence electrons. The number of aryl methyl sites for hydroxylation is 1. The second kappa shape index (κ2) is 5.47. The molecular formula is C15H16N4O3S. The van der Waals surface area contributed by atoms with E-state index >= 15 is 0 Å². The molecule has 0 aromatic carbocycles. The van der Waals surface area contributed by atoms with Gasteiger partial charge in [-0.05, 0) is 24.4 Å². The highest BCUT2D eigenvalue weighted by Gasteiger charge is 2.20. The summed E-state index contributed by atoms with van der Waals surface area (Å²) in [5.74, 6) is 0.604. The number of carbonyl (C=O) groups is 1. The fraction of sp³-hybridized carbons (Fsp3) is 0.400. The van der Waals surface area contributed by atoms with E-state index in [1.54, 1.807) is 16.2 Å². The minimum absolute atomic E-state index is 0.0327. The number of thiophene rings is 1. The van der Waals surface area contributed by atoms with Crippen LogP contribution < -0.4 is 5.56 Å². The van der Waals surface area contributed by atoms with Gasteiger partial charge in [-0.3, -0.25) is 14.0 Å². The third-order valence-electron chi connectivity index (χ3n) is 4.10. The molecule has 1 aliphatic rings. The van der Waals surface area contributed by atoms with E-state index in [1.165, 1.54) is 4.68 Å². The summed E-state index contributed by atoms with van der Waals surface area (Å²) in [5, 5.41) is 7.35. The van der Waals surface area contributed by atoms with Gasteiger partial charge >= 0.3 is 0 Å². The fourth-order valence-corrected chi connectivity index (χ4v) is 3.89. The van der Waals surface area contributed by atoms with Gasteiger partial charge in [0.1, 0.15) is 22.7 Å². The van der Waals surface area contributed by atoms with E-state index in [0.29, 0.717) is 37.6 Å². The van der Waals surface area contributed by atoms with Gasteiger partial charge in [0.25, 0.3) is 5.56 Å². The van der Waals surface area contributed by atoms with Crippen molar-refractivity contribution in [3.63, 3.8) is 0 Å². The summed E-state index contributed by atoms with van der Waals surface area (Å²) in [6, 6.07) is 3.84. The standard InChI is InChI=1S/C15H16N4O3S/c1-10-16-18(9-13(20)17-3-5-22-6-4-17)14(21)12-8-11-2-7-23-15(11)19(10)12/h2,7-8H,3-6,9H2,1H3. The summed E-state index contributed by atoms with van der Waals surface area (Å²) in [4.78, 5) is 27.7. The Morgan fingerprint density at radius 1 is 1.39 bits per heavy atom. The molecule has 8 heteroatoms. The zero-order chi connectivity index (χ0) is 16.0. The van der Waals surface area contributed by atoms with E-state index in [2.05, 4.69) is 5.10 Å². The first-order valence-corrected chi connectivity index (χ1v) is 8.35. The van der Waals surface area contributed by atoms with Crippen LogP contribution in [0.5, 0.6) is 0 Å². The molecule has 0 atom stereocenters. The minimum atomic E-state index is -0.236. The predicted molar refractivity (Wildman–Crippen MR) is 87.0 cm³/mol. The Labute approximate surface area is 135 Å². The summed E-state index contributed by atoms with van der Waals surface area (Å²) in [5.41, 5.74) is 0.328. The molecule has 3 aromatic rings. The van der Waals surface area contributed by atoms with Gasteiger partial charge in [0, 0.05) is 18.5 Å². The molecule has 0 N–H and O–H groups in total. The maximum absolute atomic E-state index is 12.7. The molecule has 1 aliphatic heterocycles. The van der Waals surface area contributed by atoms with E-state index in [4.69, 9.17) is 4.74 Å². The average molecular weight is 332 g/mol. The number of hydrogen-bond donors (Lipinski definition) is 0. The van der Waals surface area contributed by atoms with Gasteiger partial charge < -0.3 is 9.64 Å². The molecule has 0 aliphatic carbocycles. The molecule has 23 heavy (non-hydrogen) atoms. The molecule has 1 amide bonds. The van der Waals surface area contributed by atoms with Gasteiger partial charge in [0.15, 0.2) is 0 Å². The van der Waals surface area contributed by atoms with Crippen molar-refractivity contribution in [3.8, 4) is 0 Å².